The maximum absolute atomic E-state index is 11.4. The van der Waals surface area contributed by atoms with Crippen LogP contribution in [-0.4, -0.2) is 38.6 Å². The molecule has 0 aliphatic rings. The van der Waals surface area contributed by atoms with Crippen LogP contribution in [0.5, 0.6) is 0 Å². The number of carboxylic acids is 1. The van der Waals surface area contributed by atoms with E-state index < -0.39 is 14.3 Å². The summed E-state index contributed by atoms with van der Waals surface area (Å²) in [5.74, 6) is -1.12. The number of ether oxygens (including phenoxy) is 1. The molecule has 0 rings (SSSR count). The molecule has 0 unspecified atom stereocenters. The summed E-state index contributed by atoms with van der Waals surface area (Å²) in [5.41, 5.74) is 0. The quantitative estimate of drug-likeness (QED) is 0.402. The van der Waals surface area contributed by atoms with Crippen LogP contribution < -0.4 is 0 Å². The molecule has 0 aromatic carbocycles. The highest BCUT2D eigenvalue weighted by Crippen LogP contribution is 2.36. The van der Waals surface area contributed by atoms with Crippen molar-refractivity contribution in [1.82, 2.24) is 0 Å². The van der Waals surface area contributed by atoms with Gasteiger partial charge in [-0.15, -0.1) is 0 Å². The second-order valence-corrected chi connectivity index (χ2v) is 11.2. The standard InChI is InChI=1S/C14H28O5Si/c1-14(2,3)20(4,5)19-11-10-18-13(17)9-7-6-8-12(15)16/h6-11H2,1-5H3,(H,15,16). The molecule has 0 radical (unpaired) electrons. The van der Waals surface area contributed by atoms with E-state index in [-0.39, 0.29) is 30.5 Å². The molecule has 0 spiro atoms. The number of hydrogen-bond donors (Lipinski definition) is 1. The zero-order valence-corrected chi connectivity index (χ0v) is 14.3. The molecule has 0 amide bonds. The predicted octanol–water partition coefficient (Wildman–Crippen LogP) is 3.20. The van der Waals surface area contributed by atoms with E-state index in [1.165, 1.54) is 0 Å². The first-order chi connectivity index (χ1) is 9.06. The summed E-state index contributed by atoms with van der Waals surface area (Å²) >= 11 is 0. The van der Waals surface area contributed by atoms with Gasteiger partial charge in [-0.3, -0.25) is 9.59 Å². The Morgan fingerprint density at radius 1 is 1.05 bits per heavy atom. The molecule has 118 valence electrons. The van der Waals surface area contributed by atoms with Gasteiger partial charge in [0.05, 0.1) is 6.61 Å². The monoisotopic (exact) mass is 304 g/mol. The minimum Gasteiger partial charge on any atom is -0.481 e. The van der Waals surface area contributed by atoms with Crippen LogP contribution in [0, 0.1) is 0 Å². The highest BCUT2D eigenvalue weighted by Gasteiger charge is 2.36. The summed E-state index contributed by atoms with van der Waals surface area (Å²) in [4.78, 5) is 21.7. The van der Waals surface area contributed by atoms with Gasteiger partial charge < -0.3 is 14.3 Å². The number of esters is 1. The first-order valence-electron chi connectivity index (χ1n) is 7.07. The Morgan fingerprint density at radius 2 is 1.60 bits per heavy atom. The summed E-state index contributed by atoms with van der Waals surface area (Å²) in [6, 6.07) is 0. The number of rotatable bonds is 9. The lowest BCUT2D eigenvalue weighted by Gasteiger charge is -2.36. The molecule has 0 saturated carbocycles. The van der Waals surface area contributed by atoms with Crippen molar-refractivity contribution in [3.8, 4) is 0 Å². The van der Waals surface area contributed by atoms with E-state index in [0.717, 1.165) is 0 Å². The Hall–Kier alpha value is -0.883. The Bertz CT molecular complexity index is 320. The van der Waals surface area contributed by atoms with Crippen molar-refractivity contribution >= 4 is 20.3 Å². The van der Waals surface area contributed by atoms with Crippen LogP contribution >= 0.6 is 0 Å². The first-order valence-corrected chi connectivity index (χ1v) is 9.98. The Labute approximate surface area is 122 Å². The third-order valence-corrected chi connectivity index (χ3v) is 8.18. The zero-order chi connectivity index (χ0) is 15.8. The molecular weight excluding hydrogens is 276 g/mol. The Kier molecular flexibility index (Phi) is 8.04. The number of hydrogen-bond acceptors (Lipinski definition) is 4. The van der Waals surface area contributed by atoms with Crippen molar-refractivity contribution in [2.75, 3.05) is 13.2 Å². The van der Waals surface area contributed by atoms with Gasteiger partial charge in [0.1, 0.15) is 6.61 Å². The molecule has 6 heteroatoms. The van der Waals surface area contributed by atoms with E-state index in [0.29, 0.717) is 19.4 Å². The second kappa shape index (κ2) is 8.41. The van der Waals surface area contributed by atoms with Gasteiger partial charge in [-0.25, -0.2) is 0 Å². The topological polar surface area (TPSA) is 72.8 Å². The van der Waals surface area contributed by atoms with Crippen LogP contribution in [0.25, 0.3) is 0 Å². The van der Waals surface area contributed by atoms with Crippen LogP contribution in [0.1, 0.15) is 46.5 Å². The highest BCUT2D eigenvalue weighted by atomic mass is 28.4. The minimum absolute atomic E-state index is 0.0990. The molecule has 0 aromatic heterocycles. The van der Waals surface area contributed by atoms with E-state index >= 15 is 0 Å². The SMILES string of the molecule is CC(C)(C)[Si](C)(C)OCCOC(=O)CCCCC(=O)O. The van der Waals surface area contributed by atoms with Crippen LogP contribution in [0.15, 0.2) is 0 Å². The third-order valence-electron chi connectivity index (χ3n) is 3.64. The third kappa shape index (κ3) is 8.32. The number of carboxylic acid groups (broad SMARTS) is 1. The van der Waals surface area contributed by atoms with Gasteiger partial charge in [-0.2, -0.15) is 0 Å². The normalized spacial score (nSPS) is 12.2. The number of carbonyl (C=O) groups excluding carboxylic acids is 1. The molecule has 0 heterocycles. The zero-order valence-electron chi connectivity index (χ0n) is 13.3. The number of unbranched alkanes of at least 4 members (excludes halogenated alkanes) is 1. The van der Waals surface area contributed by atoms with Crippen molar-refractivity contribution in [2.45, 2.75) is 64.6 Å². The fraction of sp³-hybridized carbons (Fsp3) is 0.857. The van der Waals surface area contributed by atoms with E-state index in [1.54, 1.807) is 0 Å². The van der Waals surface area contributed by atoms with Gasteiger partial charge in [0.2, 0.25) is 0 Å². The summed E-state index contributed by atoms with van der Waals surface area (Å²) < 4.78 is 11.0. The molecule has 0 atom stereocenters. The minimum atomic E-state index is -1.78. The lowest BCUT2D eigenvalue weighted by molar-refractivity contribution is -0.145. The predicted molar refractivity (Wildman–Crippen MR) is 80.2 cm³/mol. The summed E-state index contributed by atoms with van der Waals surface area (Å²) in [5, 5.41) is 8.61. The molecule has 1 N–H and O–H groups in total. The van der Waals surface area contributed by atoms with Crippen molar-refractivity contribution in [2.24, 2.45) is 0 Å². The van der Waals surface area contributed by atoms with Crippen LogP contribution in [-0.2, 0) is 18.8 Å². The highest BCUT2D eigenvalue weighted by molar-refractivity contribution is 6.74. The van der Waals surface area contributed by atoms with Crippen molar-refractivity contribution in [3.63, 3.8) is 0 Å². The molecule has 0 bridgehead atoms. The average Bonchev–Trinajstić information content (AvgIpc) is 2.28. The van der Waals surface area contributed by atoms with Gasteiger partial charge in [0.25, 0.3) is 0 Å². The van der Waals surface area contributed by atoms with Gasteiger partial charge >= 0.3 is 11.9 Å². The molecule has 20 heavy (non-hydrogen) atoms. The molecule has 0 saturated heterocycles. The molecule has 0 aromatic rings. The first kappa shape index (κ1) is 19.1. The molecular formula is C14H28O5Si. The largest absolute Gasteiger partial charge is 0.481 e. The van der Waals surface area contributed by atoms with Crippen LogP contribution in [0.3, 0.4) is 0 Å². The van der Waals surface area contributed by atoms with Crippen molar-refractivity contribution in [1.29, 1.82) is 0 Å². The lowest BCUT2D eigenvalue weighted by atomic mass is 10.2. The van der Waals surface area contributed by atoms with Gasteiger partial charge in [-0.1, -0.05) is 20.8 Å². The fourth-order valence-electron chi connectivity index (χ4n) is 1.29. The van der Waals surface area contributed by atoms with Crippen LogP contribution in [0.2, 0.25) is 18.1 Å². The average molecular weight is 304 g/mol. The lowest BCUT2D eigenvalue weighted by Crippen LogP contribution is -2.41. The summed E-state index contributed by atoms with van der Waals surface area (Å²) in [6.45, 7) is 11.5. The van der Waals surface area contributed by atoms with E-state index in [1.807, 2.05) is 0 Å². The summed E-state index contributed by atoms with van der Waals surface area (Å²) in [6.07, 6.45) is 1.42. The Balaban J connectivity index is 3.70. The number of aliphatic carboxylic acids is 1. The van der Waals surface area contributed by atoms with Crippen molar-refractivity contribution < 1.29 is 23.9 Å². The maximum Gasteiger partial charge on any atom is 0.305 e. The van der Waals surface area contributed by atoms with E-state index in [2.05, 4.69) is 33.9 Å². The number of carbonyl (C=O) groups is 2. The van der Waals surface area contributed by atoms with E-state index in [4.69, 9.17) is 14.3 Å². The smallest absolute Gasteiger partial charge is 0.305 e. The Morgan fingerprint density at radius 3 is 2.10 bits per heavy atom. The second-order valence-electron chi connectivity index (χ2n) is 6.43. The van der Waals surface area contributed by atoms with Crippen LogP contribution in [0.4, 0.5) is 0 Å². The van der Waals surface area contributed by atoms with E-state index in [9.17, 15) is 9.59 Å². The molecule has 0 fully saturated rings. The van der Waals surface area contributed by atoms with Gasteiger partial charge in [-0.05, 0) is 31.0 Å². The molecule has 0 aliphatic heterocycles. The van der Waals surface area contributed by atoms with Gasteiger partial charge in [0.15, 0.2) is 8.32 Å². The molecule has 5 nitrogen and oxygen atoms in total. The maximum atomic E-state index is 11.4. The summed E-state index contributed by atoms with van der Waals surface area (Å²) in [7, 11) is -1.78. The fourth-order valence-corrected chi connectivity index (χ4v) is 2.31. The van der Waals surface area contributed by atoms with Gasteiger partial charge in [0, 0.05) is 12.8 Å². The van der Waals surface area contributed by atoms with Crippen molar-refractivity contribution in [3.05, 3.63) is 0 Å². The molecule has 0 aliphatic carbocycles.